The van der Waals surface area contributed by atoms with Crippen LogP contribution in [-0.4, -0.2) is 17.4 Å². The lowest BCUT2D eigenvalue weighted by Gasteiger charge is -2.37. The van der Waals surface area contributed by atoms with Crippen LogP contribution in [0.15, 0.2) is 72.8 Å². The van der Waals surface area contributed by atoms with E-state index >= 15 is 0 Å². The Hall–Kier alpha value is -2.40. The van der Waals surface area contributed by atoms with Gasteiger partial charge in [0.15, 0.2) is 0 Å². The number of hydrogen-bond acceptors (Lipinski definition) is 3. The summed E-state index contributed by atoms with van der Waals surface area (Å²) in [6, 6.07) is 24.8. The van der Waals surface area contributed by atoms with Crippen molar-refractivity contribution in [3.05, 3.63) is 106 Å². The van der Waals surface area contributed by atoms with Gasteiger partial charge in [-0.1, -0.05) is 135 Å². The first-order valence-electron chi connectivity index (χ1n) is 12.4. The minimum atomic E-state index is -1.96. The molecule has 0 aromatic heterocycles. The first-order valence-corrected chi connectivity index (χ1v) is 12.4. The van der Waals surface area contributed by atoms with Crippen molar-refractivity contribution >= 4 is 7.32 Å². The van der Waals surface area contributed by atoms with Crippen LogP contribution in [0.3, 0.4) is 0 Å². The van der Waals surface area contributed by atoms with Crippen molar-refractivity contribution < 1.29 is 14.7 Å². The van der Waals surface area contributed by atoms with Crippen LogP contribution in [0.2, 0.25) is 0 Å². The summed E-state index contributed by atoms with van der Waals surface area (Å²) in [7, 11) is -1.96. The van der Waals surface area contributed by atoms with Crippen molar-refractivity contribution in [1.29, 1.82) is 0 Å². The van der Waals surface area contributed by atoms with Crippen LogP contribution in [-0.2, 0) is 26.5 Å². The van der Waals surface area contributed by atoms with E-state index in [1.807, 2.05) is 36.4 Å². The molecule has 3 aromatic rings. The summed E-state index contributed by atoms with van der Waals surface area (Å²) in [6.07, 6.45) is 0. The molecule has 0 saturated heterocycles. The fourth-order valence-electron chi connectivity index (χ4n) is 4.48. The SMILES string of the molecule is CC(C)(C)c1ccc(C(OB(O)O)(c2ccc(C(C)(C)C)cc2)c2ccc(C(C)(C)C)cc2)cc1. The summed E-state index contributed by atoms with van der Waals surface area (Å²) in [6.45, 7) is 19.6. The molecule has 0 atom stereocenters. The molecule has 3 rings (SSSR count). The minimum Gasteiger partial charge on any atom is -0.402 e. The normalized spacial score (nSPS) is 13.1. The van der Waals surface area contributed by atoms with Crippen LogP contribution in [0, 0.1) is 0 Å². The molecule has 0 amide bonds. The molecular formula is C31H41BO3. The highest BCUT2D eigenvalue weighted by molar-refractivity contribution is 6.33. The van der Waals surface area contributed by atoms with Crippen LogP contribution < -0.4 is 0 Å². The van der Waals surface area contributed by atoms with Crippen molar-refractivity contribution in [2.24, 2.45) is 0 Å². The van der Waals surface area contributed by atoms with E-state index in [-0.39, 0.29) is 16.2 Å². The van der Waals surface area contributed by atoms with Crippen molar-refractivity contribution in [3.63, 3.8) is 0 Å². The van der Waals surface area contributed by atoms with Gasteiger partial charge < -0.3 is 14.7 Å². The lowest BCUT2D eigenvalue weighted by Crippen LogP contribution is -2.39. The second-order valence-corrected chi connectivity index (χ2v) is 12.6. The monoisotopic (exact) mass is 472 g/mol. The molecular weight excluding hydrogens is 431 g/mol. The molecule has 0 fully saturated rings. The molecule has 0 unspecified atom stereocenters. The third kappa shape index (κ3) is 5.89. The standard InChI is InChI=1S/C31H41BO3/c1-28(2,3)22-10-16-25(17-11-22)31(35-32(33)34,26-18-12-23(13-19-26)29(4,5)6)27-20-14-24(15-21-27)30(7,8)9/h10-21,33-34H,1-9H3. The lowest BCUT2D eigenvalue weighted by molar-refractivity contribution is 0.0814. The third-order valence-electron chi connectivity index (χ3n) is 6.75. The van der Waals surface area contributed by atoms with Gasteiger partial charge in [0.05, 0.1) is 0 Å². The molecule has 0 aliphatic rings. The van der Waals surface area contributed by atoms with Gasteiger partial charge in [-0.05, 0) is 49.6 Å². The van der Waals surface area contributed by atoms with E-state index in [0.29, 0.717) is 0 Å². The van der Waals surface area contributed by atoms with Crippen molar-refractivity contribution in [1.82, 2.24) is 0 Å². The molecule has 2 N–H and O–H groups in total. The Labute approximate surface area is 212 Å². The fourth-order valence-corrected chi connectivity index (χ4v) is 4.48. The lowest BCUT2D eigenvalue weighted by atomic mass is 9.75. The van der Waals surface area contributed by atoms with Gasteiger partial charge >= 0.3 is 7.32 Å². The molecule has 0 aliphatic carbocycles. The smallest absolute Gasteiger partial charge is 0.402 e. The zero-order valence-electron chi connectivity index (χ0n) is 22.8. The predicted octanol–water partition coefficient (Wildman–Crippen LogP) is 6.86. The van der Waals surface area contributed by atoms with Gasteiger partial charge in [-0.3, -0.25) is 0 Å². The molecule has 0 aliphatic heterocycles. The molecule has 0 saturated carbocycles. The largest absolute Gasteiger partial charge is 0.635 e. The molecule has 186 valence electrons. The van der Waals surface area contributed by atoms with Gasteiger partial charge in [-0.25, -0.2) is 0 Å². The highest BCUT2D eigenvalue weighted by atomic mass is 16.6. The number of hydrogen-bond donors (Lipinski definition) is 2. The van der Waals surface area contributed by atoms with E-state index in [9.17, 15) is 10.0 Å². The maximum atomic E-state index is 10.2. The van der Waals surface area contributed by atoms with Crippen LogP contribution in [0.5, 0.6) is 0 Å². The summed E-state index contributed by atoms with van der Waals surface area (Å²) in [5.41, 5.74) is 4.92. The Bertz CT molecular complexity index is 969. The zero-order valence-corrected chi connectivity index (χ0v) is 22.8. The molecule has 0 bridgehead atoms. The predicted molar refractivity (Wildman–Crippen MR) is 147 cm³/mol. The average Bonchev–Trinajstić information content (AvgIpc) is 2.76. The summed E-state index contributed by atoms with van der Waals surface area (Å²) >= 11 is 0. The van der Waals surface area contributed by atoms with E-state index < -0.39 is 12.9 Å². The van der Waals surface area contributed by atoms with Crippen LogP contribution in [0.25, 0.3) is 0 Å². The van der Waals surface area contributed by atoms with E-state index in [1.165, 1.54) is 16.7 Å². The van der Waals surface area contributed by atoms with E-state index in [1.54, 1.807) is 0 Å². The van der Waals surface area contributed by atoms with Crippen LogP contribution in [0.4, 0.5) is 0 Å². The summed E-state index contributed by atoms with van der Waals surface area (Å²) in [5.74, 6) is 0. The summed E-state index contributed by atoms with van der Waals surface area (Å²) in [4.78, 5) is 0. The van der Waals surface area contributed by atoms with Gasteiger partial charge in [0, 0.05) is 0 Å². The molecule has 0 heterocycles. The second kappa shape index (κ2) is 9.57. The Morgan fingerprint density at radius 1 is 0.429 bits per heavy atom. The van der Waals surface area contributed by atoms with Crippen LogP contribution in [0.1, 0.15) is 95.7 Å². The molecule has 4 heteroatoms. The summed E-state index contributed by atoms with van der Waals surface area (Å²) in [5, 5.41) is 20.3. The van der Waals surface area contributed by atoms with Crippen molar-refractivity contribution in [3.8, 4) is 0 Å². The van der Waals surface area contributed by atoms with Gasteiger partial charge in [0.2, 0.25) is 0 Å². The topological polar surface area (TPSA) is 49.7 Å². The Morgan fingerprint density at radius 3 is 0.800 bits per heavy atom. The Kier molecular flexibility index (Phi) is 7.44. The Balaban J connectivity index is 2.30. The second-order valence-electron chi connectivity index (χ2n) is 12.6. The first kappa shape index (κ1) is 27.2. The first-order chi connectivity index (χ1) is 16.0. The van der Waals surface area contributed by atoms with Crippen molar-refractivity contribution in [2.75, 3.05) is 0 Å². The quantitative estimate of drug-likeness (QED) is 0.315. The van der Waals surface area contributed by atoms with E-state index in [0.717, 1.165) is 16.7 Å². The van der Waals surface area contributed by atoms with Gasteiger partial charge in [0.25, 0.3) is 0 Å². The fraction of sp³-hybridized carbons (Fsp3) is 0.419. The zero-order chi connectivity index (χ0) is 26.2. The van der Waals surface area contributed by atoms with Crippen molar-refractivity contribution in [2.45, 2.75) is 84.2 Å². The minimum absolute atomic E-state index is 0.00124. The molecule has 3 aromatic carbocycles. The number of rotatable bonds is 5. The molecule has 35 heavy (non-hydrogen) atoms. The highest BCUT2D eigenvalue weighted by Gasteiger charge is 2.41. The maximum Gasteiger partial charge on any atom is 0.635 e. The van der Waals surface area contributed by atoms with Gasteiger partial charge in [-0.2, -0.15) is 0 Å². The van der Waals surface area contributed by atoms with Gasteiger partial charge in [-0.15, -0.1) is 0 Å². The molecule has 3 nitrogen and oxygen atoms in total. The third-order valence-corrected chi connectivity index (χ3v) is 6.75. The van der Waals surface area contributed by atoms with Crippen LogP contribution >= 0.6 is 0 Å². The van der Waals surface area contributed by atoms with E-state index in [4.69, 9.17) is 4.65 Å². The van der Waals surface area contributed by atoms with Gasteiger partial charge in [0.1, 0.15) is 5.60 Å². The highest BCUT2D eigenvalue weighted by Crippen LogP contribution is 2.42. The maximum absolute atomic E-state index is 10.2. The molecule has 0 radical (unpaired) electrons. The summed E-state index contributed by atoms with van der Waals surface area (Å²) < 4.78 is 6.08. The molecule has 0 spiro atoms. The average molecular weight is 472 g/mol. The van der Waals surface area contributed by atoms with E-state index in [2.05, 4.69) is 98.7 Å². The number of benzene rings is 3. The Morgan fingerprint density at radius 2 is 0.629 bits per heavy atom.